The van der Waals surface area contributed by atoms with Crippen molar-refractivity contribution in [3.63, 3.8) is 0 Å². The predicted octanol–water partition coefficient (Wildman–Crippen LogP) is 4.11. The summed E-state index contributed by atoms with van der Waals surface area (Å²) in [6, 6.07) is 9.29. The molecular formula is C12H17BrClNS. The maximum Gasteiger partial charge on any atom is 0.0176 e. The second-order valence-corrected chi connectivity index (χ2v) is 5.92. The van der Waals surface area contributed by atoms with Crippen LogP contribution in [0.1, 0.15) is 19.3 Å². The van der Waals surface area contributed by atoms with Gasteiger partial charge in [0.25, 0.3) is 0 Å². The first kappa shape index (κ1) is 14.4. The average Bonchev–Trinajstić information content (AvgIpc) is 2.30. The number of hydrogen-bond donors (Lipinski definition) is 1. The number of halogens is 2. The van der Waals surface area contributed by atoms with Crippen molar-refractivity contribution >= 4 is 40.1 Å². The lowest BCUT2D eigenvalue weighted by atomic mass is 10.1. The number of rotatable bonds is 3. The van der Waals surface area contributed by atoms with Gasteiger partial charge in [0.05, 0.1) is 0 Å². The Morgan fingerprint density at radius 1 is 1.25 bits per heavy atom. The van der Waals surface area contributed by atoms with Crippen LogP contribution in [-0.4, -0.2) is 18.3 Å². The topological polar surface area (TPSA) is 12.0 Å². The van der Waals surface area contributed by atoms with E-state index >= 15 is 0 Å². The summed E-state index contributed by atoms with van der Waals surface area (Å²) in [5.74, 6) is 1.20. The number of benzene rings is 1. The smallest absolute Gasteiger partial charge is 0.0176 e. The van der Waals surface area contributed by atoms with Crippen molar-refractivity contribution in [3.8, 4) is 0 Å². The fourth-order valence-electron chi connectivity index (χ4n) is 1.79. The van der Waals surface area contributed by atoms with Crippen LogP contribution >= 0.6 is 40.1 Å². The summed E-state index contributed by atoms with van der Waals surface area (Å²) in [6.45, 7) is 1.20. The minimum absolute atomic E-state index is 0. The van der Waals surface area contributed by atoms with Crippen molar-refractivity contribution in [1.82, 2.24) is 5.32 Å². The maximum atomic E-state index is 3.57. The highest BCUT2D eigenvalue weighted by Crippen LogP contribution is 2.23. The van der Waals surface area contributed by atoms with E-state index in [4.69, 9.17) is 0 Å². The fraction of sp³-hybridized carbons (Fsp3) is 0.500. The van der Waals surface area contributed by atoms with E-state index in [9.17, 15) is 0 Å². The van der Waals surface area contributed by atoms with Crippen LogP contribution in [-0.2, 0) is 0 Å². The monoisotopic (exact) mass is 321 g/mol. The van der Waals surface area contributed by atoms with E-state index in [0.29, 0.717) is 6.04 Å². The number of thioether (sulfide) groups is 1. The molecule has 1 N–H and O–H groups in total. The molecule has 1 aliphatic heterocycles. The molecule has 1 unspecified atom stereocenters. The van der Waals surface area contributed by atoms with Gasteiger partial charge in [0.2, 0.25) is 0 Å². The van der Waals surface area contributed by atoms with Crippen molar-refractivity contribution in [2.75, 3.05) is 12.3 Å². The molecule has 0 bridgehead atoms. The standard InChI is InChI=1S/C12H16BrNS.ClH/c13-10-4-6-12(7-5-10)15-9-11-3-1-2-8-14-11;/h4-7,11,14H,1-3,8-9H2;1H. The third-order valence-corrected chi connectivity index (χ3v) is 4.38. The molecule has 4 heteroatoms. The molecule has 1 atom stereocenters. The first-order valence-corrected chi connectivity index (χ1v) is 7.24. The zero-order valence-corrected chi connectivity index (χ0v) is 12.3. The molecule has 0 aromatic heterocycles. The molecule has 1 aromatic rings. The lowest BCUT2D eigenvalue weighted by Crippen LogP contribution is -2.35. The molecule has 90 valence electrons. The Kier molecular flexibility index (Phi) is 6.81. The molecule has 0 amide bonds. The summed E-state index contributed by atoms with van der Waals surface area (Å²) in [4.78, 5) is 1.37. The number of piperidine rings is 1. The first-order chi connectivity index (χ1) is 7.34. The van der Waals surface area contributed by atoms with Gasteiger partial charge in [-0.15, -0.1) is 24.2 Å². The van der Waals surface area contributed by atoms with Crippen molar-refractivity contribution in [2.45, 2.75) is 30.2 Å². The van der Waals surface area contributed by atoms with Gasteiger partial charge < -0.3 is 5.32 Å². The maximum absolute atomic E-state index is 3.57. The second kappa shape index (κ2) is 7.59. The Labute approximate surface area is 116 Å². The molecule has 0 radical (unpaired) electrons. The lowest BCUT2D eigenvalue weighted by Gasteiger charge is -2.22. The van der Waals surface area contributed by atoms with E-state index in [1.807, 2.05) is 11.8 Å². The van der Waals surface area contributed by atoms with Gasteiger partial charge in [-0.3, -0.25) is 0 Å². The van der Waals surface area contributed by atoms with E-state index in [1.165, 1.54) is 36.5 Å². The van der Waals surface area contributed by atoms with Crippen molar-refractivity contribution < 1.29 is 0 Å². The predicted molar refractivity (Wildman–Crippen MR) is 77.8 cm³/mol. The quantitative estimate of drug-likeness (QED) is 0.841. The Morgan fingerprint density at radius 2 is 2.00 bits per heavy atom. The molecule has 0 spiro atoms. The minimum Gasteiger partial charge on any atom is -0.313 e. The van der Waals surface area contributed by atoms with Gasteiger partial charge in [-0.25, -0.2) is 0 Å². The summed E-state index contributed by atoms with van der Waals surface area (Å²) in [6.07, 6.45) is 4.07. The van der Waals surface area contributed by atoms with E-state index in [0.717, 1.165) is 4.47 Å². The molecule has 1 fully saturated rings. The van der Waals surface area contributed by atoms with Crippen molar-refractivity contribution in [2.24, 2.45) is 0 Å². The zero-order valence-electron chi connectivity index (χ0n) is 9.12. The molecule has 1 saturated heterocycles. The second-order valence-electron chi connectivity index (χ2n) is 3.91. The van der Waals surface area contributed by atoms with Crippen molar-refractivity contribution in [3.05, 3.63) is 28.7 Å². The van der Waals surface area contributed by atoms with E-state index < -0.39 is 0 Å². The van der Waals surface area contributed by atoms with Gasteiger partial charge >= 0.3 is 0 Å². The number of nitrogens with one attached hydrogen (secondary N) is 1. The third kappa shape index (κ3) is 4.66. The summed E-state index contributed by atoms with van der Waals surface area (Å²) < 4.78 is 1.16. The van der Waals surface area contributed by atoms with Gasteiger partial charge in [-0.05, 0) is 43.7 Å². The van der Waals surface area contributed by atoms with Gasteiger partial charge in [0, 0.05) is 21.2 Å². The van der Waals surface area contributed by atoms with Gasteiger partial charge in [0.1, 0.15) is 0 Å². The Morgan fingerprint density at radius 3 is 2.62 bits per heavy atom. The van der Waals surface area contributed by atoms with E-state index in [1.54, 1.807) is 0 Å². The normalized spacial score (nSPS) is 20.2. The van der Waals surface area contributed by atoms with Crippen LogP contribution in [0.2, 0.25) is 0 Å². The third-order valence-electron chi connectivity index (χ3n) is 2.68. The van der Waals surface area contributed by atoms with Crippen LogP contribution in [0.4, 0.5) is 0 Å². The molecule has 0 aliphatic carbocycles. The first-order valence-electron chi connectivity index (χ1n) is 5.46. The highest BCUT2D eigenvalue weighted by atomic mass is 79.9. The largest absolute Gasteiger partial charge is 0.313 e. The zero-order chi connectivity index (χ0) is 10.5. The van der Waals surface area contributed by atoms with Crippen LogP contribution < -0.4 is 5.32 Å². The van der Waals surface area contributed by atoms with Crippen LogP contribution in [0.15, 0.2) is 33.6 Å². The molecular weight excluding hydrogens is 306 g/mol. The summed E-state index contributed by atoms with van der Waals surface area (Å²) >= 11 is 5.40. The van der Waals surface area contributed by atoms with Gasteiger partial charge in [-0.2, -0.15) is 0 Å². The molecule has 0 saturated carbocycles. The minimum atomic E-state index is 0. The SMILES string of the molecule is Brc1ccc(SCC2CCCCN2)cc1.Cl. The van der Waals surface area contributed by atoms with E-state index in [-0.39, 0.29) is 12.4 Å². The van der Waals surface area contributed by atoms with E-state index in [2.05, 4.69) is 45.5 Å². The molecule has 16 heavy (non-hydrogen) atoms. The lowest BCUT2D eigenvalue weighted by molar-refractivity contribution is 0.430. The van der Waals surface area contributed by atoms with Crippen LogP contribution in [0.5, 0.6) is 0 Å². The van der Waals surface area contributed by atoms with Gasteiger partial charge in [0.15, 0.2) is 0 Å². The fourth-order valence-corrected chi connectivity index (χ4v) is 3.06. The molecule has 1 aliphatic rings. The molecule has 1 aromatic carbocycles. The summed E-state index contributed by atoms with van der Waals surface area (Å²) in [5, 5.41) is 3.57. The average molecular weight is 323 g/mol. The highest BCUT2D eigenvalue weighted by molar-refractivity contribution is 9.10. The van der Waals surface area contributed by atoms with Crippen LogP contribution in [0, 0.1) is 0 Å². The summed E-state index contributed by atoms with van der Waals surface area (Å²) in [7, 11) is 0. The van der Waals surface area contributed by atoms with Crippen LogP contribution in [0.25, 0.3) is 0 Å². The van der Waals surface area contributed by atoms with Crippen molar-refractivity contribution in [1.29, 1.82) is 0 Å². The summed E-state index contributed by atoms with van der Waals surface area (Å²) in [5.41, 5.74) is 0. The molecule has 1 nitrogen and oxygen atoms in total. The Balaban J connectivity index is 0.00000128. The Hall–Kier alpha value is 0.300. The number of hydrogen-bond acceptors (Lipinski definition) is 2. The Bertz CT molecular complexity index is 298. The van der Waals surface area contributed by atoms with Crippen LogP contribution in [0.3, 0.4) is 0 Å². The molecule has 1 heterocycles. The van der Waals surface area contributed by atoms with Gasteiger partial charge in [-0.1, -0.05) is 22.4 Å². The molecule has 2 rings (SSSR count). The highest BCUT2D eigenvalue weighted by Gasteiger charge is 2.12.